The SMILES string of the molecule is O=C(Nc1ccc(Br)cc1)NC(C(=O)N(C1=CCC(=NN2CCCCC2)C=C1)c1ccccc1)c1ccccc1F. The van der Waals surface area contributed by atoms with Crippen molar-refractivity contribution in [3.63, 3.8) is 0 Å². The van der Waals surface area contributed by atoms with Crippen molar-refractivity contribution in [1.82, 2.24) is 10.3 Å². The van der Waals surface area contributed by atoms with Gasteiger partial charge in [0.25, 0.3) is 5.91 Å². The lowest BCUT2D eigenvalue weighted by molar-refractivity contribution is -0.120. The number of benzene rings is 3. The number of para-hydroxylation sites is 1. The highest BCUT2D eigenvalue weighted by atomic mass is 79.9. The molecule has 5 rings (SSSR count). The molecule has 0 spiro atoms. The fraction of sp³-hybridized carbons (Fsp3) is 0.219. The third-order valence-electron chi connectivity index (χ3n) is 6.90. The quantitative estimate of drug-likeness (QED) is 0.296. The molecule has 2 N–H and O–H groups in total. The van der Waals surface area contributed by atoms with Crippen LogP contribution in [-0.4, -0.2) is 35.7 Å². The Morgan fingerprint density at radius 3 is 2.29 bits per heavy atom. The van der Waals surface area contributed by atoms with Gasteiger partial charge in [-0.25, -0.2) is 9.18 Å². The van der Waals surface area contributed by atoms with Crippen LogP contribution in [0.3, 0.4) is 0 Å². The monoisotopic (exact) mass is 615 g/mol. The van der Waals surface area contributed by atoms with Gasteiger partial charge >= 0.3 is 6.03 Å². The molecule has 0 radical (unpaired) electrons. The number of nitrogens with one attached hydrogen (secondary N) is 2. The topological polar surface area (TPSA) is 77.0 Å². The number of amides is 3. The van der Waals surface area contributed by atoms with E-state index in [-0.39, 0.29) is 5.56 Å². The summed E-state index contributed by atoms with van der Waals surface area (Å²) in [6, 6.07) is 20.2. The number of urea groups is 1. The second-order valence-corrected chi connectivity index (χ2v) is 10.8. The van der Waals surface area contributed by atoms with Crippen molar-refractivity contribution in [3.8, 4) is 0 Å². The van der Waals surface area contributed by atoms with Gasteiger partial charge in [-0.05, 0) is 73.9 Å². The van der Waals surface area contributed by atoms with E-state index in [9.17, 15) is 9.59 Å². The van der Waals surface area contributed by atoms with E-state index in [1.807, 2.05) is 48.6 Å². The number of rotatable bonds is 7. The summed E-state index contributed by atoms with van der Waals surface area (Å²) in [5.41, 5.74) is 2.73. The number of nitrogens with zero attached hydrogens (tertiary/aromatic N) is 3. The van der Waals surface area contributed by atoms with E-state index in [0.29, 0.717) is 23.5 Å². The van der Waals surface area contributed by atoms with Gasteiger partial charge in [-0.15, -0.1) is 0 Å². The van der Waals surface area contributed by atoms with Crippen molar-refractivity contribution in [2.45, 2.75) is 31.7 Å². The van der Waals surface area contributed by atoms with Crippen LogP contribution in [0.5, 0.6) is 0 Å². The van der Waals surface area contributed by atoms with Crippen molar-refractivity contribution in [3.05, 3.63) is 119 Å². The minimum atomic E-state index is -1.30. The predicted molar refractivity (Wildman–Crippen MR) is 164 cm³/mol. The van der Waals surface area contributed by atoms with E-state index in [2.05, 4.69) is 31.6 Å². The van der Waals surface area contributed by atoms with Crippen LogP contribution in [0.15, 0.2) is 112 Å². The minimum absolute atomic E-state index is 0.0668. The van der Waals surface area contributed by atoms with Crippen LogP contribution in [0.4, 0.5) is 20.6 Å². The number of anilines is 2. The molecule has 1 fully saturated rings. The molecule has 1 unspecified atom stereocenters. The molecule has 1 aliphatic heterocycles. The maximum absolute atomic E-state index is 15.1. The molecule has 1 saturated heterocycles. The number of carbonyl (C=O) groups excluding carboxylic acids is 2. The van der Waals surface area contributed by atoms with Crippen LogP contribution in [0.25, 0.3) is 0 Å². The number of piperidine rings is 1. The van der Waals surface area contributed by atoms with E-state index in [0.717, 1.165) is 36.1 Å². The normalized spacial score (nSPS) is 16.6. The fourth-order valence-electron chi connectivity index (χ4n) is 4.85. The molecular weight excluding hydrogens is 585 g/mol. The maximum Gasteiger partial charge on any atom is 0.320 e. The lowest BCUT2D eigenvalue weighted by Crippen LogP contribution is -2.44. The van der Waals surface area contributed by atoms with E-state index in [4.69, 9.17) is 5.10 Å². The number of carbonyl (C=O) groups is 2. The molecule has 9 heteroatoms. The van der Waals surface area contributed by atoms with Gasteiger partial charge in [-0.3, -0.25) is 14.7 Å². The van der Waals surface area contributed by atoms with Crippen LogP contribution in [0.2, 0.25) is 0 Å². The number of hydrogen-bond acceptors (Lipinski definition) is 4. The molecule has 0 saturated carbocycles. The number of hydrogen-bond donors (Lipinski definition) is 2. The summed E-state index contributed by atoms with van der Waals surface area (Å²) in [6.07, 6.45) is 9.74. The van der Waals surface area contributed by atoms with Gasteiger partial charge in [0.1, 0.15) is 11.9 Å². The molecule has 3 aromatic rings. The maximum atomic E-state index is 15.1. The van der Waals surface area contributed by atoms with Gasteiger partial charge in [0.05, 0.1) is 5.71 Å². The Labute approximate surface area is 247 Å². The van der Waals surface area contributed by atoms with Gasteiger partial charge in [-0.2, -0.15) is 5.10 Å². The zero-order valence-electron chi connectivity index (χ0n) is 22.5. The molecule has 3 aromatic carbocycles. The molecule has 2 aliphatic rings. The predicted octanol–water partition coefficient (Wildman–Crippen LogP) is 7.17. The largest absolute Gasteiger partial charge is 0.322 e. The van der Waals surface area contributed by atoms with Crippen LogP contribution in [0.1, 0.15) is 37.3 Å². The Hall–Kier alpha value is -4.24. The Morgan fingerprint density at radius 2 is 1.61 bits per heavy atom. The van der Waals surface area contributed by atoms with E-state index < -0.39 is 23.8 Å². The summed E-state index contributed by atoms with van der Waals surface area (Å²) in [5.74, 6) is -1.09. The van der Waals surface area contributed by atoms with Gasteiger partial charge in [-0.1, -0.05) is 58.4 Å². The van der Waals surface area contributed by atoms with E-state index >= 15 is 4.39 Å². The molecule has 3 amide bonds. The Kier molecular flexibility index (Phi) is 9.26. The first-order chi connectivity index (χ1) is 20.0. The van der Waals surface area contributed by atoms with Crippen LogP contribution >= 0.6 is 15.9 Å². The van der Waals surface area contributed by atoms with Crippen molar-refractivity contribution in [2.75, 3.05) is 23.3 Å². The lowest BCUT2D eigenvalue weighted by Gasteiger charge is -2.30. The number of allylic oxidation sites excluding steroid dienone is 3. The van der Waals surface area contributed by atoms with Gasteiger partial charge < -0.3 is 10.6 Å². The smallest absolute Gasteiger partial charge is 0.320 e. The molecule has 7 nitrogen and oxygen atoms in total. The number of halogens is 2. The summed E-state index contributed by atoms with van der Waals surface area (Å²) in [6.45, 7) is 1.89. The van der Waals surface area contributed by atoms with Crippen molar-refractivity contribution in [2.24, 2.45) is 5.10 Å². The summed E-state index contributed by atoms with van der Waals surface area (Å²) in [5, 5.41) is 12.3. The Balaban J connectivity index is 1.44. The average molecular weight is 617 g/mol. The lowest BCUT2D eigenvalue weighted by atomic mass is 10.0. The molecule has 41 heavy (non-hydrogen) atoms. The Morgan fingerprint density at radius 1 is 0.902 bits per heavy atom. The molecule has 1 atom stereocenters. The summed E-state index contributed by atoms with van der Waals surface area (Å²) >= 11 is 3.37. The third-order valence-corrected chi connectivity index (χ3v) is 7.43. The third kappa shape index (κ3) is 7.29. The summed E-state index contributed by atoms with van der Waals surface area (Å²) in [7, 11) is 0. The van der Waals surface area contributed by atoms with Gasteiger partial charge in [0.2, 0.25) is 0 Å². The molecule has 0 aromatic heterocycles. The first-order valence-corrected chi connectivity index (χ1v) is 14.4. The molecular formula is C32H31BrFN5O2. The highest BCUT2D eigenvalue weighted by Gasteiger charge is 2.32. The van der Waals surface area contributed by atoms with E-state index in [1.165, 1.54) is 23.5 Å². The molecule has 1 heterocycles. The average Bonchev–Trinajstić information content (AvgIpc) is 3.00. The first-order valence-electron chi connectivity index (χ1n) is 13.6. The second-order valence-electron chi connectivity index (χ2n) is 9.84. The second kappa shape index (κ2) is 13.4. The van der Waals surface area contributed by atoms with Crippen LogP contribution in [-0.2, 0) is 4.79 Å². The van der Waals surface area contributed by atoms with Crippen molar-refractivity contribution in [1.29, 1.82) is 0 Å². The van der Waals surface area contributed by atoms with E-state index in [1.54, 1.807) is 36.4 Å². The van der Waals surface area contributed by atoms with Crippen molar-refractivity contribution < 1.29 is 14.0 Å². The van der Waals surface area contributed by atoms with Gasteiger partial charge in [0, 0.05) is 46.6 Å². The summed E-state index contributed by atoms with van der Waals surface area (Å²) < 4.78 is 16.0. The number of hydrazone groups is 1. The molecule has 1 aliphatic carbocycles. The zero-order chi connectivity index (χ0) is 28.6. The van der Waals surface area contributed by atoms with Gasteiger partial charge in [0.15, 0.2) is 0 Å². The van der Waals surface area contributed by atoms with Crippen LogP contribution < -0.4 is 15.5 Å². The molecule has 210 valence electrons. The standard InChI is InChI=1S/C32H31BrFN5O2/c33-23-13-15-24(16-14-23)35-32(41)36-30(28-11-5-6-12-29(28)34)31(40)39(26-9-3-1-4-10-26)27-19-17-25(18-20-27)37-38-21-7-2-8-22-38/h1,3-6,9-17,19-20,30H,2,7-8,18,21-22H2,(H2,35,36,41). The highest BCUT2D eigenvalue weighted by molar-refractivity contribution is 9.10. The van der Waals surface area contributed by atoms with Crippen molar-refractivity contribution >= 4 is 45.0 Å². The fourth-order valence-corrected chi connectivity index (χ4v) is 5.11. The van der Waals surface area contributed by atoms with Crippen LogP contribution in [0, 0.1) is 5.82 Å². The molecule has 0 bridgehead atoms. The summed E-state index contributed by atoms with van der Waals surface area (Å²) in [4.78, 5) is 28.9. The minimum Gasteiger partial charge on any atom is -0.322 e. The first kappa shape index (κ1) is 28.3. The highest BCUT2D eigenvalue weighted by Crippen LogP contribution is 2.29. The zero-order valence-corrected chi connectivity index (χ0v) is 24.1. The Bertz CT molecular complexity index is 1470.